The summed E-state index contributed by atoms with van der Waals surface area (Å²) in [4.78, 5) is 12.9. The van der Waals surface area contributed by atoms with Crippen molar-refractivity contribution in [2.45, 2.75) is 25.8 Å². The zero-order valence-corrected chi connectivity index (χ0v) is 15.4. The topological polar surface area (TPSA) is 77.2 Å². The van der Waals surface area contributed by atoms with E-state index in [1.807, 2.05) is 32.0 Å². The standard InChI is InChI=1S/C20H23N3O3/c1-20(2)12-16(14-7-10-17(25-3)18(11-14)26-4)22-23(20)19(24)13-5-8-15(21)9-6-13/h5-11H,12,21H2,1-4H3. The molecule has 1 aliphatic heterocycles. The highest BCUT2D eigenvalue weighted by molar-refractivity contribution is 6.05. The first-order chi connectivity index (χ1) is 12.4. The van der Waals surface area contributed by atoms with Crippen LogP contribution in [0.1, 0.15) is 36.2 Å². The second-order valence-corrected chi connectivity index (χ2v) is 6.84. The molecule has 2 aromatic carbocycles. The average Bonchev–Trinajstić information content (AvgIpc) is 2.96. The molecule has 0 spiro atoms. The van der Waals surface area contributed by atoms with Crippen LogP contribution in [0.4, 0.5) is 5.69 Å². The van der Waals surface area contributed by atoms with Crippen molar-refractivity contribution in [3.05, 3.63) is 53.6 Å². The summed E-state index contributed by atoms with van der Waals surface area (Å²) in [6.45, 7) is 4.00. The Morgan fingerprint density at radius 3 is 2.35 bits per heavy atom. The number of benzene rings is 2. The Balaban J connectivity index is 1.94. The van der Waals surface area contributed by atoms with Gasteiger partial charge in [0, 0.05) is 23.2 Å². The predicted molar refractivity (Wildman–Crippen MR) is 102 cm³/mol. The van der Waals surface area contributed by atoms with Crippen molar-refractivity contribution >= 4 is 17.3 Å². The van der Waals surface area contributed by atoms with Crippen molar-refractivity contribution in [3.63, 3.8) is 0 Å². The van der Waals surface area contributed by atoms with Gasteiger partial charge >= 0.3 is 0 Å². The van der Waals surface area contributed by atoms with Gasteiger partial charge in [-0.1, -0.05) is 0 Å². The second-order valence-electron chi connectivity index (χ2n) is 6.84. The van der Waals surface area contributed by atoms with E-state index in [1.165, 1.54) is 0 Å². The van der Waals surface area contributed by atoms with Gasteiger partial charge in [-0.3, -0.25) is 4.79 Å². The number of nitrogen functional groups attached to an aromatic ring is 1. The van der Waals surface area contributed by atoms with Gasteiger partial charge in [-0.15, -0.1) is 0 Å². The summed E-state index contributed by atoms with van der Waals surface area (Å²) in [6, 6.07) is 12.5. The quantitative estimate of drug-likeness (QED) is 0.856. The number of amides is 1. The highest BCUT2D eigenvalue weighted by atomic mass is 16.5. The highest BCUT2D eigenvalue weighted by Gasteiger charge is 2.39. The molecule has 0 aliphatic carbocycles. The lowest BCUT2D eigenvalue weighted by molar-refractivity contribution is 0.0612. The molecule has 0 unspecified atom stereocenters. The lowest BCUT2D eigenvalue weighted by atomic mass is 9.94. The summed E-state index contributed by atoms with van der Waals surface area (Å²) in [5.74, 6) is 1.14. The molecular formula is C20H23N3O3. The van der Waals surface area contributed by atoms with E-state index in [9.17, 15) is 4.79 Å². The number of hydrazone groups is 1. The Hall–Kier alpha value is -3.02. The summed E-state index contributed by atoms with van der Waals surface area (Å²) in [5.41, 5.74) is 8.20. The number of hydrogen-bond donors (Lipinski definition) is 1. The van der Waals surface area contributed by atoms with Crippen LogP contribution in [-0.2, 0) is 0 Å². The minimum Gasteiger partial charge on any atom is -0.493 e. The summed E-state index contributed by atoms with van der Waals surface area (Å²) in [7, 11) is 3.19. The van der Waals surface area contributed by atoms with Crippen LogP contribution in [0.5, 0.6) is 11.5 Å². The van der Waals surface area contributed by atoms with E-state index in [-0.39, 0.29) is 5.91 Å². The molecule has 0 bridgehead atoms. The Morgan fingerprint density at radius 1 is 1.08 bits per heavy atom. The van der Waals surface area contributed by atoms with Gasteiger partial charge in [0.25, 0.3) is 5.91 Å². The molecular weight excluding hydrogens is 330 g/mol. The SMILES string of the molecule is COc1ccc(C2=NN(C(=O)c3ccc(N)cc3)C(C)(C)C2)cc1OC. The Morgan fingerprint density at radius 2 is 1.73 bits per heavy atom. The van der Waals surface area contributed by atoms with Gasteiger partial charge in [0.2, 0.25) is 0 Å². The first-order valence-corrected chi connectivity index (χ1v) is 8.35. The van der Waals surface area contributed by atoms with Crippen LogP contribution >= 0.6 is 0 Å². The number of anilines is 1. The first kappa shape index (κ1) is 17.8. The van der Waals surface area contributed by atoms with Crippen molar-refractivity contribution in [1.82, 2.24) is 5.01 Å². The van der Waals surface area contributed by atoms with Gasteiger partial charge < -0.3 is 15.2 Å². The van der Waals surface area contributed by atoms with Gasteiger partial charge in [-0.25, -0.2) is 5.01 Å². The molecule has 0 saturated carbocycles. The molecule has 6 nitrogen and oxygen atoms in total. The molecule has 1 amide bonds. The third-order valence-electron chi connectivity index (χ3n) is 4.46. The summed E-state index contributed by atoms with van der Waals surface area (Å²) >= 11 is 0. The van der Waals surface area contributed by atoms with Crippen molar-refractivity contribution in [2.24, 2.45) is 5.10 Å². The molecule has 2 aromatic rings. The van der Waals surface area contributed by atoms with E-state index in [2.05, 4.69) is 5.10 Å². The Labute approximate surface area is 153 Å². The zero-order valence-electron chi connectivity index (χ0n) is 15.4. The predicted octanol–water partition coefficient (Wildman–Crippen LogP) is 3.31. The van der Waals surface area contributed by atoms with E-state index >= 15 is 0 Å². The van der Waals surface area contributed by atoms with Gasteiger partial charge in [0.1, 0.15) is 0 Å². The third-order valence-corrected chi connectivity index (χ3v) is 4.46. The number of hydrogen-bond acceptors (Lipinski definition) is 5. The van der Waals surface area contributed by atoms with Crippen LogP contribution in [-0.4, -0.2) is 36.4 Å². The molecule has 0 saturated heterocycles. The molecule has 0 atom stereocenters. The molecule has 3 rings (SSSR count). The van der Waals surface area contributed by atoms with Crippen LogP contribution in [0.25, 0.3) is 0 Å². The highest BCUT2D eigenvalue weighted by Crippen LogP contribution is 2.34. The molecule has 1 heterocycles. The van der Waals surface area contributed by atoms with E-state index in [4.69, 9.17) is 15.2 Å². The molecule has 2 N–H and O–H groups in total. The number of nitrogens with zero attached hydrogens (tertiary/aromatic N) is 2. The minimum absolute atomic E-state index is 0.148. The van der Waals surface area contributed by atoms with Crippen LogP contribution in [0, 0.1) is 0 Å². The van der Waals surface area contributed by atoms with Crippen molar-refractivity contribution in [1.29, 1.82) is 0 Å². The van der Waals surface area contributed by atoms with Gasteiger partial charge in [0.15, 0.2) is 11.5 Å². The summed E-state index contributed by atoms with van der Waals surface area (Å²) in [6.07, 6.45) is 0.642. The van der Waals surface area contributed by atoms with E-state index in [0.29, 0.717) is 29.2 Å². The number of methoxy groups -OCH3 is 2. The molecule has 26 heavy (non-hydrogen) atoms. The fourth-order valence-electron chi connectivity index (χ4n) is 3.02. The summed E-state index contributed by atoms with van der Waals surface area (Å²) < 4.78 is 10.7. The fourth-order valence-corrected chi connectivity index (χ4v) is 3.02. The van der Waals surface area contributed by atoms with E-state index in [0.717, 1.165) is 11.3 Å². The fraction of sp³-hybridized carbons (Fsp3) is 0.300. The normalized spacial score (nSPS) is 15.5. The van der Waals surface area contributed by atoms with Crippen LogP contribution in [0.2, 0.25) is 0 Å². The zero-order chi connectivity index (χ0) is 18.9. The van der Waals surface area contributed by atoms with Crippen molar-refractivity contribution in [2.75, 3.05) is 20.0 Å². The monoisotopic (exact) mass is 353 g/mol. The summed E-state index contributed by atoms with van der Waals surface area (Å²) in [5, 5.41) is 6.16. The maximum absolute atomic E-state index is 12.9. The number of ether oxygens (including phenoxy) is 2. The van der Waals surface area contributed by atoms with Crippen molar-refractivity contribution < 1.29 is 14.3 Å². The number of carbonyl (C=O) groups is 1. The Bertz CT molecular complexity index is 857. The average molecular weight is 353 g/mol. The number of carbonyl (C=O) groups excluding carboxylic acids is 1. The largest absolute Gasteiger partial charge is 0.493 e. The second kappa shape index (κ2) is 6.71. The third kappa shape index (κ3) is 3.22. The van der Waals surface area contributed by atoms with Gasteiger partial charge in [-0.05, 0) is 56.3 Å². The lowest BCUT2D eigenvalue weighted by Crippen LogP contribution is -2.40. The van der Waals surface area contributed by atoms with Gasteiger partial charge in [0.05, 0.1) is 25.5 Å². The maximum atomic E-state index is 12.9. The number of rotatable bonds is 4. The van der Waals surface area contributed by atoms with Crippen LogP contribution in [0.15, 0.2) is 47.6 Å². The smallest absolute Gasteiger partial charge is 0.274 e. The van der Waals surface area contributed by atoms with E-state index in [1.54, 1.807) is 43.5 Å². The molecule has 0 radical (unpaired) electrons. The molecule has 0 fully saturated rings. The first-order valence-electron chi connectivity index (χ1n) is 8.35. The van der Waals surface area contributed by atoms with Crippen LogP contribution in [0.3, 0.4) is 0 Å². The number of nitrogens with two attached hydrogens (primary N) is 1. The minimum atomic E-state index is -0.430. The molecule has 0 aromatic heterocycles. The Kier molecular flexibility index (Phi) is 4.59. The molecule has 6 heteroatoms. The van der Waals surface area contributed by atoms with Crippen LogP contribution < -0.4 is 15.2 Å². The van der Waals surface area contributed by atoms with Gasteiger partial charge in [-0.2, -0.15) is 5.10 Å². The van der Waals surface area contributed by atoms with Crippen molar-refractivity contribution in [3.8, 4) is 11.5 Å². The molecule has 136 valence electrons. The van der Waals surface area contributed by atoms with E-state index < -0.39 is 5.54 Å². The lowest BCUT2D eigenvalue weighted by Gasteiger charge is -2.28. The maximum Gasteiger partial charge on any atom is 0.274 e. The molecule has 1 aliphatic rings.